The molecule has 4 aliphatic carbocycles. The van der Waals surface area contributed by atoms with Gasteiger partial charge >= 0.3 is 0 Å². The van der Waals surface area contributed by atoms with Crippen molar-refractivity contribution in [1.82, 2.24) is 0 Å². The van der Waals surface area contributed by atoms with Gasteiger partial charge in [-0.2, -0.15) is 0 Å². The minimum absolute atomic E-state index is 0.0258. The molecule has 57 heavy (non-hydrogen) atoms. The topological polar surface area (TPSA) is 259 Å². The molecule has 0 bridgehead atoms. The van der Waals surface area contributed by atoms with E-state index < -0.39 is 110 Å². The van der Waals surface area contributed by atoms with Crippen LogP contribution in [0.15, 0.2) is 11.6 Å². The molecule has 6 rings (SSSR count). The number of allylic oxidation sites excluding steroid dienone is 1. The van der Waals surface area contributed by atoms with Gasteiger partial charge in [0.05, 0.1) is 31.0 Å². The number of aliphatic hydroxyl groups is 11. The summed E-state index contributed by atoms with van der Waals surface area (Å²) < 4.78 is 23.6. The maximum Gasteiger partial charge on any atom is 0.187 e. The number of hydrogen-bond acceptors (Lipinski definition) is 15. The van der Waals surface area contributed by atoms with Crippen LogP contribution in [0.1, 0.15) is 100 Å². The lowest BCUT2D eigenvalue weighted by molar-refractivity contribution is -0.340. The van der Waals surface area contributed by atoms with Crippen molar-refractivity contribution in [3.05, 3.63) is 11.6 Å². The predicted molar refractivity (Wildman–Crippen MR) is 204 cm³/mol. The molecule has 6 aliphatic rings. The average molecular weight is 817 g/mol. The first kappa shape index (κ1) is 45.7. The van der Waals surface area contributed by atoms with Crippen molar-refractivity contribution in [1.29, 1.82) is 0 Å². The summed E-state index contributed by atoms with van der Waals surface area (Å²) in [4.78, 5) is 0. The molecule has 5 fully saturated rings. The Bertz CT molecular complexity index is 1440. The first-order valence-electron chi connectivity index (χ1n) is 21.1. The van der Waals surface area contributed by atoms with Crippen LogP contribution in [0.3, 0.4) is 0 Å². The summed E-state index contributed by atoms with van der Waals surface area (Å²) >= 11 is 0. The molecule has 330 valence electrons. The van der Waals surface area contributed by atoms with Crippen LogP contribution in [0.4, 0.5) is 0 Å². The third kappa shape index (κ3) is 7.49. The van der Waals surface area contributed by atoms with Gasteiger partial charge in [-0.1, -0.05) is 53.2 Å². The van der Waals surface area contributed by atoms with E-state index in [1.165, 1.54) is 19.4 Å². The fraction of sp³-hybridized carbons (Fsp3) is 0.952. The van der Waals surface area contributed by atoms with E-state index in [1.54, 1.807) is 0 Å². The molecule has 21 atom stereocenters. The third-order valence-corrected chi connectivity index (χ3v) is 16.7. The smallest absolute Gasteiger partial charge is 0.187 e. The summed E-state index contributed by atoms with van der Waals surface area (Å²) in [6.45, 7) is 15.2. The van der Waals surface area contributed by atoms with Crippen LogP contribution >= 0.6 is 0 Å². The van der Waals surface area contributed by atoms with Gasteiger partial charge in [0, 0.05) is 5.41 Å². The summed E-state index contributed by atoms with van der Waals surface area (Å²) in [6, 6.07) is 0. The second kappa shape index (κ2) is 16.1. The van der Waals surface area contributed by atoms with Crippen molar-refractivity contribution in [2.45, 2.75) is 192 Å². The molecule has 0 aromatic heterocycles. The van der Waals surface area contributed by atoms with E-state index in [2.05, 4.69) is 40.7 Å². The summed E-state index contributed by atoms with van der Waals surface area (Å²) in [5.41, 5.74) is -0.959. The van der Waals surface area contributed by atoms with Gasteiger partial charge in [-0.05, 0) is 98.7 Å². The summed E-state index contributed by atoms with van der Waals surface area (Å²) in [5.74, 6) is 0.434. The van der Waals surface area contributed by atoms with E-state index in [4.69, 9.17) is 18.9 Å². The van der Waals surface area contributed by atoms with Gasteiger partial charge in [-0.3, -0.25) is 0 Å². The Hall–Kier alpha value is -0.860. The van der Waals surface area contributed by atoms with E-state index in [9.17, 15) is 56.2 Å². The molecule has 2 aliphatic heterocycles. The van der Waals surface area contributed by atoms with Crippen molar-refractivity contribution >= 4 is 0 Å². The first-order valence-corrected chi connectivity index (χ1v) is 21.1. The van der Waals surface area contributed by atoms with Gasteiger partial charge in [0.25, 0.3) is 0 Å². The second-order valence-electron chi connectivity index (χ2n) is 20.4. The Morgan fingerprint density at radius 2 is 1.35 bits per heavy atom. The summed E-state index contributed by atoms with van der Waals surface area (Å²) in [6.07, 6.45) is -11.0. The highest BCUT2D eigenvalue weighted by Gasteiger charge is 2.68. The zero-order valence-electron chi connectivity index (χ0n) is 34.9. The Balaban J connectivity index is 1.15. The Kier molecular flexibility index (Phi) is 12.9. The third-order valence-electron chi connectivity index (χ3n) is 16.7. The molecular weight excluding hydrogens is 744 g/mol. The first-order chi connectivity index (χ1) is 26.4. The monoisotopic (exact) mass is 816 g/mol. The number of aliphatic hydroxyl groups excluding tert-OH is 10. The van der Waals surface area contributed by atoms with Gasteiger partial charge in [-0.25, -0.2) is 0 Å². The maximum absolute atomic E-state index is 11.4. The molecule has 15 heteroatoms. The van der Waals surface area contributed by atoms with Crippen molar-refractivity contribution < 1.29 is 75.1 Å². The lowest BCUT2D eigenvalue weighted by atomic mass is 9.39. The van der Waals surface area contributed by atoms with Crippen molar-refractivity contribution in [2.75, 3.05) is 13.2 Å². The van der Waals surface area contributed by atoms with Crippen LogP contribution in [0.2, 0.25) is 0 Å². The molecule has 0 amide bonds. The van der Waals surface area contributed by atoms with Crippen molar-refractivity contribution in [2.24, 2.45) is 45.3 Å². The molecule has 0 unspecified atom stereocenters. The van der Waals surface area contributed by atoms with Crippen LogP contribution in [0.25, 0.3) is 0 Å². The van der Waals surface area contributed by atoms with Crippen LogP contribution in [-0.4, -0.2) is 161 Å². The number of fused-ring (bicyclic) bond motifs is 5. The van der Waals surface area contributed by atoms with Crippen LogP contribution < -0.4 is 0 Å². The molecule has 0 aromatic rings. The molecular formula is C42H72O15. The van der Waals surface area contributed by atoms with Gasteiger partial charge in [0.15, 0.2) is 12.6 Å². The summed E-state index contributed by atoms with van der Waals surface area (Å²) in [5, 5.41) is 116. The maximum atomic E-state index is 11.4. The van der Waals surface area contributed by atoms with E-state index >= 15 is 0 Å². The minimum atomic E-state index is -1.67. The Morgan fingerprint density at radius 3 is 1.96 bits per heavy atom. The predicted octanol–water partition coefficient (Wildman–Crippen LogP) is 0.0906. The fourth-order valence-electron chi connectivity index (χ4n) is 12.7. The Morgan fingerprint density at radius 1 is 0.754 bits per heavy atom. The molecule has 0 aromatic carbocycles. The molecule has 2 saturated heterocycles. The van der Waals surface area contributed by atoms with Gasteiger partial charge < -0.3 is 75.1 Å². The normalized spacial score (nSPS) is 49.5. The molecule has 0 radical (unpaired) electrons. The van der Waals surface area contributed by atoms with Gasteiger partial charge in [0.1, 0.15) is 61.0 Å². The zero-order chi connectivity index (χ0) is 42.4. The van der Waals surface area contributed by atoms with Crippen LogP contribution in [-0.2, 0) is 18.9 Å². The Labute approximate surface area is 336 Å². The van der Waals surface area contributed by atoms with Crippen LogP contribution in [0.5, 0.6) is 0 Å². The number of hydrogen-bond donors (Lipinski definition) is 11. The van der Waals surface area contributed by atoms with Gasteiger partial charge in [0.2, 0.25) is 0 Å². The highest BCUT2D eigenvalue weighted by Crippen LogP contribution is 2.75. The van der Waals surface area contributed by atoms with E-state index in [0.717, 1.165) is 38.5 Å². The largest absolute Gasteiger partial charge is 0.394 e. The van der Waals surface area contributed by atoms with Crippen LogP contribution in [0, 0.1) is 45.3 Å². The van der Waals surface area contributed by atoms with E-state index in [0.29, 0.717) is 12.3 Å². The highest BCUT2D eigenvalue weighted by molar-refractivity contribution is 5.30. The van der Waals surface area contributed by atoms with E-state index in [-0.39, 0.29) is 34.0 Å². The second-order valence-corrected chi connectivity index (χ2v) is 20.4. The quantitative estimate of drug-likeness (QED) is 0.124. The minimum Gasteiger partial charge on any atom is -0.394 e. The molecule has 11 N–H and O–H groups in total. The SMILES string of the molecule is C[C@@H]([C@@H](O)[C@@H](O)[C@H](O)C(C)(C)O)[C@@H]1CC[C@@]2(C)[C@@H]3CC=C4[C@@H](CC[C@@H](O[C@@H]5O[C@H](CO[C@H]6O[C@@H](CO)[C@H](O)[C@H](O)[C@H]6O)[C@H](O)[C@@H](O)[C@@H]5O)C4(C)C)[C@]3(C)CC[C@]12C. The van der Waals surface area contributed by atoms with Crippen molar-refractivity contribution in [3.63, 3.8) is 0 Å². The standard InChI is InChI=1S/C42H72O15/c1-19(27(44)32(49)35(52)39(4,5)53)20-13-14-42(8)25-11-9-21-22(40(25,6)15-16-41(20,42)7)10-12-26(38(21,2)3)57-37-34(51)31(48)29(46)24(56-37)18-54-36-33(50)30(47)28(45)23(17-43)55-36/h9,19-20,22-37,43-53H,10-18H2,1-8H3/t19-,20+,22-,23+,24-,25-,26-,27-,28+,29+,30+,31-,32-,33-,34+,35+,36+,37+,40+,41-,42+/m1/s1. The van der Waals surface area contributed by atoms with Gasteiger partial charge in [-0.15, -0.1) is 0 Å². The molecule has 15 nitrogen and oxygen atoms in total. The highest BCUT2D eigenvalue weighted by atomic mass is 16.7. The summed E-state index contributed by atoms with van der Waals surface area (Å²) in [7, 11) is 0. The zero-order valence-corrected chi connectivity index (χ0v) is 34.9. The lowest BCUT2D eigenvalue weighted by Crippen LogP contribution is -2.63. The average Bonchev–Trinajstić information content (AvgIpc) is 3.43. The fourth-order valence-corrected chi connectivity index (χ4v) is 12.7. The number of rotatable bonds is 11. The molecule has 3 saturated carbocycles. The van der Waals surface area contributed by atoms with E-state index in [1.807, 2.05) is 6.92 Å². The molecule has 0 spiro atoms. The molecule has 2 heterocycles. The van der Waals surface area contributed by atoms with Crippen molar-refractivity contribution in [3.8, 4) is 0 Å². The number of ether oxygens (including phenoxy) is 4. The lowest BCUT2D eigenvalue weighted by Gasteiger charge is -2.66.